The second-order valence-electron chi connectivity index (χ2n) is 17.5. The molecule has 0 radical (unpaired) electrons. The zero-order valence-electron chi connectivity index (χ0n) is 32.7. The van der Waals surface area contributed by atoms with E-state index in [-0.39, 0.29) is 23.7 Å². The standard InChI is InChI=1S/C44H59ClN4O5S/c1-4-9-41-31(2)10-7-20-44(53-3,29-47-22-23-48-21-6-5-12-36(48)27-47)38-16-13-34(38)26-49-28-43(19-8-11-32-24-35(45)15-17-37(32)43)30-54-40-18-14-33(25-39(40)49)42(50)46-55(41,51)52/h4,7,14-15,17-18,20,24-25,31,34,36,38,41H,1,5-6,8-13,16,19,21-23,26-30H2,2-3H3,(H,46,50)/b20-7+/t31-,34-,36+,38+,41+,43-,44-/m0/s1. The van der Waals surface area contributed by atoms with Crippen molar-refractivity contribution in [2.45, 2.75) is 93.4 Å². The average Bonchev–Trinajstić information content (AvgIpc) is 3.31. The summed E-state index contributed by atoms with van der Waals surface area (Å²) >= 11 is 6.53. The Morgan fingerprint density at radius 2 is 1.95 bits per heavy atom. The SMILES string of the molecule is C=CC[C@@H]1[C@@H](C)C/C=C/[C@@](CN2CCN3CCCC[C@@H]3C2)(OC)[C@@H]2CC[C@H]2CN2C[C@@]3(CCCc4cc(Cl)ccc43)COc3ccc(cc32)C(=O)NS1(=O)=O. The second-order valence-corrected chi connectivity index (χ2v) is 19.8. The van der Waals surface area contributed by atoms with E-state index >= 15 is 0 Å². The summed E-state index contributed by atoms with van der Waals surface area (Å²) in [6, 6.07) is 12.3. The summed E-state index contributed by atoms with van der Waals surface area (Å²) in [4.78, 5) is 21.6. The molecule has 9 nitrogen and oxygen atoms in total. The van der Waals surface area contributed by atoms with Crippen LogP contribution in [-0.2, 0) is 26.6 Å². The molecule has 6 aliphatic rings. The van der Waals surface area contributed by atoms with Gasteiger partial charge in [0.1, 0.15) is 11.4 Å². The third-order valence-corrected chi connectivity index (χ3v) is 16.3. The minimum absolute atomic E-state index is 0.240. The Morgan fingerprint density at radius 3 is 2.75 bits per heavy atom. The number of piperidine rings is 1. The zero-order chi connectivity index (χ0) is 38.4. The van der Waals surface area contributed by atoms with Crippen LogP contribution in [0.15, 0.2) is 61.2 Å². The van der Waals surface area contributed by atoms with E-state index in [0.717, 1.165) is 87.8 Å². The summed E-state index contributed by atoms with van der Waals surface area (Å²) in [5.74, 6) is 0.442. The number of halogens is 1. The van der Waals surface area contributed by atoms with Crippen LogP contribution in [0.5, 0.6) is 5.75 Å². The number of hydrogen-bond acceptors (Lipinski definition) is 8. The van der Waals surface area contributed by atoms with Gasteiger partial charge in [-0.25, -0.2) is 13.1 Å². The molecular weight excluding hydrogens is 732 g/mol. The number of anilines is 1. The van der Waals surface area contributed by atoms with Crippen LogP contribution < -0.4 is 14.4 Å². The lowest BCUT2D eigenvalue weighted by Crippen LogP contribution is -2.61. The van der Waals surface area contributed by atoms with E-state index in [1.165, 1.54) is 36.9 Å². The lowest BCUT2D eigenvalue weighted by molar-refractivity contribution is -0.100. The van der Waals surface area contributed by atoms with Crippen LogP contribution in [0, 0.1) is 17.8 Å². The van der Waals surface area contributed by atoms with E-state index in [4.69, 9.17) is 21.1 Å². The number of hydrogen-bond donors (Lipinski definition) is 1. The van der Waals surface area contributed by atoms with Crippen molar-refractivity contribution in [1.29, 1.82) is 0 Å². The van der Waals surface area contributed by atoms with E-state index in [1.807, 2.05) is 32.2 Å². The van der Waals surface area contributed by atoms with E-state index in [9.17, 15) is 13.2 Å². The van der Waals surface area contributed by atoms with Crippen LogP contribution in [0.2, 0.25) is 5.02 Å². The highest BCUT2D eigenvalue weighted by molar-refractivity contribution is 7.90. The summed E-state index contributed by atoms with van der Waals surface area (Å²) in [7, 11) is -2.17. The monoisotopic (exact) mass is 790 g/mol. The Morgan fingerprint density at radius 1 is 1.07 bits per heavy atom. The molecule has 4 aliphatic heterocycles. The summed E-state index contributed by atoms with van der Waals surface area (Å²) in [6.45, 7) is 13.0. The van der Waals surface area contributed by atoms with Crippen molar-refractivity contribution in [2.24, 2.45) is 17.8 Å². The molecule has 1 spiro atoms. The van der Waals surface area contributed by atoms with Crippen LogP contribution >= 0.6 is 11.6 Å². The minimum Gasteiger partial charge on any atom is -0.490 e. The summed E-state index contributed by atoms with van der Waals surface area (Å²) in [5, 5.41) is -0.0696. The number of benzene rings is 2. The van der Waals surface area contributed by atoms with Crippen LogP contribution in [0.3, 0.4) is 0 Å². The number of nitrogens with zero attached hydrogens (tertiary/aromatic N) is 3. The molecule has 1 amide bonds. The second kappa shape index (κ2) is 15.8. The highest BCUT2D eigenvalue weighted by Crippen LogP contribution is 2.49. The van der Waals surface area contributed by atoms with Gasteiger partial charge in [0, 0.05) is 68.4 Å². The van der Waals surface area contributed by atoms with Gasteiger partial charge in [-0.3, -0.25) is 14.6 Å². The Bertz CT molecular complexity index is 1910. The average molecular weight is 791 g/mol. The Kier molecular flexibility index (Phi) is 11.2. The Balaban J connectivity index is 1.20. The molecule has 8 rings (SSSR count). The number of amides is 1. The van der Waals surface area contributed by atoms with Gasteiger partial charge in [-0.1, -0.05) is 49.2 Å². The summed E-state index contributed by atoms with van der Waals surface area (Å²) in [5.41, 5.74) is 2.91. The fraction of sp³-hybridized carbons (Fsp3) is 0.614. The smallest absolute Gasteiger partial charge is 0.264 e. The normalized spacial score (nSPS) is 34.5. The van der Waals surface area contributed by atoms with Crippen molar-refractivity contribution in [3.8, 4) is 5.75 Å². The third kappa shape index (κ3) is 7.63. The van der Waals surface area contributed by atoms with Gasteiger partial charge >= 0.3 is 0 Å². The molecule has 2 bridgehead atoms. The Labute approximate surface area is 333 Å². The van der Waals surface area contributed by atoms with Crippen molar-refractivity contribution < 1.29 is 22.7 Å². The third-order valence-electron chi connectivity index (χ3n) is 14.1. The van der Waals surface area contributed by atoms with Crippen molar-refractivity contribution in [1.82, 2.24) is 14.5 Å². The molecule has 55 heavy (non-hydrogen) atoms. The largest absolute Gasteiger partial charge is 0.490 e. The van der Waals surface area contributed by atoms with Crippen molar-refractivity contribution >= 4 is 33.2 Å². The first-order valence-corrected chi connectivity index (χ1v) is 22.6. The molecule has 0 unspecified atom stereocenters. The van der Waals surface area contributed by atoms with Crippen molar-refractivity contribution in [2.75, 3.05) is 64.4 Å². The number of allylic oxidation sites excluding steroid dienone is 2. The number of nitrogens with one attached hydrogen (secondary N) is 1. The maximum absolute atomic E-state index is 14.0. The molecular formula is C44H59ClN4O5S. The quantitative estimate of drug-likeness (QED) is 0.325. The molecule has 11 heteroatoms. The van der Waals surface area contributed by atoms with Gasteiger partial charge in [-0.2, -0.15) is 0 Å². The van der Waals surface area contributed by atoms with E-state index in [0.29, 0.717) is 30.6 Å². The molecule has 2 saturated heterocycles. The number of methoxy groups -OCH3 is 1. The minimum atomic E-state index is -4.04. The molecule has 298 valence electrons. The van der Waals surface area contributed by atoms with Gasteiger partial charge in [0.15, 0.2) is 0 Å². The number of carbonyl (C=O) groups is 1. The topological polar surface area (TPSA) is 91.4 Å². The van der Waals surface area contributed by atoms with Gasteiger partial charge in [-0.05, 0) is 124 Å². The first-order chi connectivity index (χ1) is 26.5. The highest BCUT2D eigenvalue weighted by Gasteiger charge is 2.50. The number of carbonyl (C=O) groups excluding carboxylic acids is 1. The molecule has 4 heterocycles. The predicted octanol–water partition coefficient (Wildman–Crippen LogP) is 6.99. The molecule has 2 aromatic rings. The Hall–Kier alpha value is -2.89. The number of fused-ring (bicyclic) bond motifs is 5. The van der Waals surface area contributed by atoms with Gasteiger partial charge in [0.05, 0.1) is 17.5 Å². The van der Waals surface area contributed by atoms with Gasteiger partial charge in [0.2, 0.25) is 10.0 Å². The van der Waals surface area contributed by atoms with Gasteiger partial charge in [-0.15, -0.1) is 6.58 Å². The lowest BCUT2D eigenvalue weighted by atomic mass is 9.63. The zero-order valence-corrected chi connectivity index (χ0v) is 34.3. The van der Waals surface area contributed by atoms with Gasteiger partial charge in [0.25, 0.3) is 5.91 Å². The molecule has 3 fully saturated rings. The first kappa shape index (κ1) is 39.0. The molecule has 2 aliphatic carbocycles. The molecule has 1 saturated carbocycles. The van der Waals surface area contributed by atoms with Crippen molar-refractivity contribution in [3.63, 3.8) is 0 Å². The number of rotatable bonds is 5. The highest BCUT2D eigenvalue weighted by atomic mass is 35.5. The fourth-order valence-corrected chi connectivity index (χ4v) is 12.8. The number of aryl methyl sites for hydroxylation is 1. The number of ether oxygens (including phenoxy) is 2. The molecule has 1 N–H and O–H groups in total. The van der Waals surface area contributed by atoms with E-state index in [1.54, 1.807) is 12.1 Å². The molecule has 7 atom stereocenters. The van der Waals surface area contributed by atoms with Crippen LogP contribution in [-0.4, -0.2) is 101 Å². The van der Waals surface area contributed by atoms with Crippen LogP contribution in [0.25, 0.3) is 0 Å². The van der Waals surface area contributed by atoms with Crippen LogP contribution in [0.1, 0.15) is 86.2 Å². The maximum atomic E-state index is 14.0. The lowest BCUT2D eigenvalue weighted by Gasteiger charge is -2.53. The van der Waals surface area contributed by atoms with Crippen LogP contribution in [0.4, 0.5) is 5.69 Å². The van der Waals surface area contributed by atoms with E-state index in [2.05, 4.69) is 50.3 Å². The summed E-state index contributed by atoms with van der Waals surface area (Å²) in [6.07, 6.45) is 15.9. The molecule has 0 aromatic heterocycles. The fourth-order valence-electron chi connectivity index (χ4n) is 11.0. The summed E-state index contributed by atoms with van der Waals surface area (Å²) < 4.78 is 43.9. The predicted molar refractivity (Wildman–Crippen MR) is 220 cm³/mol. The maximum Gasteiger partial charge on any atom is 0.264 e. The van der Waals surface area contributed by atoms with Crippen molar-refractivity contribution in [3.05, 3.63) is 82.9 Å². The first-order valence-electron chi connectivity index (χ1n) is 20.7. The number of piperazine rings is 1. The van der Waals surface area contributed by atoms with E-state index < -0.39 is 26.8 Å². The van der Waals surface area contributed by atoms with Gasteiger partial charge < -0.3 is 14.4 Å². The number of sulfonamides is 1. The molecule has 2 aromatic carbocycles.